The predicted molar refractivity (Wildman–Crippen MR) is 89.5 cm³/mol. The summed E-state index contributed by atoms with van der Waals surface area (Å²) < 4.78 is 26.3. The molecule has 1 fully saturated rings. The van der Waals surface area contributed by atoms with Crippen LogP contribution in [0.5, 0.6) is 0 Å². The van der Waals surface area contributed by atoms with E-state index in [0.717, 1.165) is 6.42 Å². The van der Waals surface area contributed by atoms with Crippen molar-refractivity contribution in [2.45, 2.75) is 45.1 Å². The van der Waals surface area contributed by atoms with Crippen molar-refractivity contribution in [3.63, 3.8) is 0 Å². The standard InChI is InChI=1S/C15H24N2O3S2/c1-2-12-22(19,20)16-13-7-9-17(10-8-13)15(18)6-5-14-4-3-11-21-14/h3-4,11,13,16H,2,5-10,12H2,1H3. The van der Waals surface area contributed by atoms with Crippen LogP contribution in [0.25, 0.3) is 0 Å². The molecule has 1 N–H and O–H groups in total. The number of hydrogen-bond donors (Lipinski definition) is 1. The average Bonchev–Trinajstić information content (AvgIpc) is 2.98. The molecule has 1 aromatic rings. The van der Waals surface area contributed by atoms with Crippen LogP contribution in [0.3, 0.4) is 0 Å². The molecular formula is C15H24N2O3S2. The molecular weight excluding hydrogens is 320 g/mol. The Balaban J connectivity index is 1.73. The maximum absolute atomic E-state index is 12.2. The number of aryl methyl sites for hydroxylation is 1. The molecule has 0 radical (unpaired) electrons. The van der Waals surface area contributed by atoms with Crippen molar-refractivity contribution in [3.05, 3.63) is 22.4 Å². The Kier molecular flexibility index (Phi) is 6.40. The summed E-state index contributed by atoms with van der Waals surface area (Å²) in [6.07, 6.45) is 3.35. The quantitative estimate of drug-likeness (QED) is 0.823. The second kappa shape index (κ2) is 8.08. The molecule has 0 bridgehead atoms. The number of likely N-dealkylation sites (tertiary alicyclic amines) is 1. The highest BCUT2D eigenvalue weighted by Gasteiger charge is 2.25. The van der Waals surface area contributed by atoms with Gasteiger partial charge in [0.2, 0.25) is 15.9 Å². The molecule has 1 saturated heterocycles. The third kappa shape index (κ3) is 5.37. The van der Waals surface area contributed by atoms with Crippen molar-refractivity contribution in [2.24, 2.45) is 0 Å². The van der Waals surface area contributed by atoms with Gasteiger partial charge in [-0.15, -0.1) is 11.3 Å². The monoisotopic (exact) mass is 344 g/mol. The van der Waals surface area contributed by atoms with E-state index in [1.807, 2.05) is 29.3 Å². The normalized spacial score (nSPS) is 16.9. The zero-order chi connectivity index (χ0) is 16.0. The van der Waals surface area contributed by atoms with Crippen LogP contribution in [0.2, 0.25) is 0 Å². The van der Waals surface area contributed by atoms with Crippen LogP contribution < -0.4 is 4.72 Å². The summed E-state index contributed by atoms with van der Waals surface area (Å²) >= 11 is 1.68. The summed E-state index contributed by atoms with van der Waals surface area (Å²) in [7, 11) is -3.16. The Bertz CT molecular complexity index is 562. The zero-order valence-electron chi connectivity index (χ0n) is 13.0. The van der Waals surface area contributed by atoms with E-state index in [1.165, 1.54) is 4.88 Å². The number of amides is 1. The maximum Gasteiger partial charge on any atom is 0.222 e. The summed E-state index contributed by atoms with van der Waals surface area (Å²) in [6.45, 7) is 3.14. The van der Waals surface area contributed by atoms with Crippen molar-refractivity contribution in [1.82, 2.24) is 9.62 Å². The number of nitrogens with zero attached hydrogens (tertiary/aromatic N) is 1. The molecule has 22 heavy (non-hydrogen) atoms. The first-order valence-corrected chi connectivity index (χ1v) is 10.3. The van der Waals surface area contributed by atoms with Crippen molar-refractivity contribution in [3.8, 4) is 0 Å². The van der Waals surface area contributed by atoms with E-state index in [2.05, 4.69) is 4.72 Å². The number of sulfonamides is 1. The number of thiophene rings is 1. The van der Waals surface area contributed by atoms with Gasteiger partial charge < -0.3 is 4.90 Å². The Morgan fingerprint density at radius 2 is 2.14 bits per heavy atom. The van der Waals surface area contributed by atoms with Gasteiger partial charge >= 0.3 is 0 Å². The Morgan fingerprint density at radius 3 is 2.73 bits per heavy atom. The fraction of sp³-hybridized carbons (Fsp3) is 0.667. The van der Waals surface area contributed by atoms with Crippen LogP contribution in [0.15, 0.2) is 17.5 Å². The fourth-order valence-corrected chi connectivity index (χ4v) is 4.78. The van der Waals surface area contributed by atoms with Gasteiger partial charge in [0.15, 0.2) is 0 Å². The van der Waals surface area contributed by atoms with E-state index in [4.69, 9.17) is 0 Å². The zero-order valence-corrected chi connectivity index (χ0v) is 14.6. The molecule has 0 aliphatic carbocycles. The highest BCUT2D eigenvalue weighted by molar-refractivity contribution is 7.89. The molecule has 2 rings (SSSR count). The van der Waals surface area contributed by atoms with Gasteiger partial charge in [0.25, 0.3) is 0 Å². The number of carbonyl (C=O) groups excluding carboxylic acids is 1. The van der Waals surface area contributed by atoms with Crippen LogP contribution in [0.1, 0.15) is 37.5 Å². The minimum atomic E-state index is -3.16. The van der Waals surface area contributed by atoms with Crippen molar-refractivity contribution >= 4 is 27.3 Å². The van der Waals surface area contributed by atoms with Gasteiger partial charge in [-0.1, -0.05) is 13.0 Å². The number of piperidine rings is 1. The van der Waals surface area contributed by atoms with Gasteiger partial charge in [0.05, 0.1) is 5.75 Å². The minimum absolute atomic E-state index is 0.0297. The first kappa shape index (κ1) is 17.4. The molecule has 124 valence electrons. The summed E-state index contributed by atoms with van der Waals surface area (Å²) in [5.41, 5.74) is 0. The van der Waals surface area contributed by atoms with Crippen molar-refractivity contribution < 1.29 is 13.2 Å². The van der Waals surface area contributed by atoms with Gasteiger partial charge in [-0.05, 0) is 37.1 Å². The van der Waals surface area contributed by atoms with E-state index in [-0.39, 0.29) is 17.7 Å². The second-order valence-electron chi connectivity index (χ2n) is 5.67. The summed E-state index contributed by atoms with van der Waals surface area (Å²) in [5.74, 6) is 0.343. The number of hydrogen-bond acceptors (Lipinski definition) is 4. The summed E-state index contributed by atoms with van der Waals surface area (Å²) in [5, 5.41) is 2.02. The van der Waals surface area contributed by atoms with Gasteiger partial charge in [0, 0.05) is 30.4 Å². The first-order valence-electron chi connectivity index (χ1n) is 7.80. The molecule has 1 aromatic heterocycles. The average molecular weight is 345 g/mol. The Morgan fingerprint density at radius 1 is 1.41 bits per heavy atom. The lowest BCUT2D eigenvalue weighted by Crippen LogP contribution is -2.47. The van der Waals surface area contributed by atoms with E-state index in [0.29, 0.717) is 38.8 Å². The molecule has 0 atom stereocenters. The van der Waals surface area contributed by atoms with E-state index >= 15 is 0 Å². The van der Waals surface area contributed by atoms with E-state index < -0.39 is 10.0 Å². The molecule has 0 unspecified atom stereocenters. The molecule has 0 saturated carbocycles. The molecule has 0 spiro atoms. The highest BCUT2D eigenvalue weighted by Crippen LogP contribution is 2.15. The number of rotatable bonds is 7. The van der Waals surface area contributed by atoms with Crippen LogP contribution >= 0.6 is 11.3 Å². The lowest BCUT2D eigenvalue weighted by molar-refractivity contribution is -0.132. The molecule has 2 heterocycles. The Labute approximate surface area is 136 Å². The van der Waals surface area contributed by atoms with Gasteiger partial charge in [-0.3, -0.25) is 4.79 Å². The van der Waals surface area contributed by atoms with E-state index in [1.54, 1.807) is 11.3 Å². The molecule has 1 aliphatic rings. The van der Waals surface area contributed by atoms with Crippen LogP contribution in [0.4, 0.5) is 0 Å². The number of carbonyl (C=O) groups is 1. The van der Waals surface area contributed by atoms with Gasteiger partial charge in [-0.25, -0.2) is 13.1 Å². The van der Waals surface area contributed by atoms with Crippen molar-refractivity contribution in [2.75, 3.05) is 18.8 Å². The maximum atomic E-state index is 12.2. The lowest BCUT2D eigenvalue weighted by Gasteiger charge is -2.32. The molecule has 1 aliphatic heterocycles. The topological polar surface area (TPSA) is 66.5 Å². The third-order valence-corrected chi connectivity index (χ3v) is 6.41. The summed E-state index contributed by atoms with van der Waals surface area (Å²) in [6, 6.07) is 4.02. The SMILES string of the molecule is CCCS(=O)(=O)NC1CCN(C(=O)CCc2cccs2)CC1. The smallest absolute Gasteiger partial charge is 0.222 e. The lowest BCUT2D eigenvalue weighted by atomic mass is 10.1. The minimum Gasteiger partial charge on any atom is -0.343 e. The Hall–Kier alpha value is -0.920. The molecule has 0 aromatic carbocycles. The highest BCUT2D eigenvalue weighted by atomic mass is 32.2. The third-order valence-electron chi connectivity index (χ3n) is 3.83. The van der Waals surface area contributed by atoms with Gasteiger partial charge in [0.1, 0.15) is 0 Å². The largest absolute Gasteiger partial charge is 0.343 e. The number of nitrogens with one attached hydrogen (secondary N) is 1. The van der Waals surface area contributed by atoms with Crippen LogP contribution in [-0.2, 0) is 21.2 Å². The molecule has 1 amide bonds. The fourth-order valence-electron chi connectivity index (χ4n) is 2.67. The van der Waals surface area contributed by atoms with Crippen LogP contribution in [-0.4, -0.2) is 44.1 Å². The summed E-state index contributed by atoms with van der Waals surface area (Å²) in [4.78, 5) is 15.3. The van der Waals surface area contributed by atoms with Crippen LogP contribution in [0, 0.1) is 0 Å². The first-order chi connectivity index (χ1) is 10.5. The second-order valence-corrected chi connectivity index (χ2v) is 8.58. The van der Waals surface area contributed by atoms with Gasteiger partial charge in [-0.2, -0.15) is 0 Å². The van der Waals surface area contributed by atoms with E-state index in [9.17, 15) is 13.2 Å². The molecule has 7 heteroatoms. The van der Waals surface area contributed by atoms with Crippen molar-refractivity contribution in [1.29, 1.82) is 0 Å². The predicted octanol–water partition coefficient (Wildman–Crippen LogP) is 2.00. The molecule has 5 nitrogen and oxygen atoms in total.